The van der Waals surface area contributed by atoms with Gasteiger partial charge in [0.2, 0.25) is 0 Å². The summed E-state index contributed by atoms with van der Waals surface area (Å²) in [7, 11) is 0. The second-order valence-electron chi connectivity index (χ2n) is 4.40. The summed E-state index contributed by atoms with van der Waals surface area (Å²) in [6, 6.07) is 16.8. The van der Waals surface area contributed by atoms with Crippen LogP contribution in [0.15, 0.2) is 70.3 Å². The van der Waals surface area contributed by atoms with Gasteiger partial charge in [-0.1, -0.05) is 34.1 Å². The number of phenolic OH excluding ortho intramolecular Hbond substituents is 1. The smallest absolute Gasteiger partial charge is 0.155 e. The summed E-state index contributed by atoms with van der Waals surface area (Å²) in [5, 5.41) is 14.1. The molecule has 3 aromatic rings. The third-order valence-corrected chi connectivity index (χ3v) is 3.44. The maximum Gasteiger partial charge on any atom is 0.155 e. The largest absolute Gasteiger partial charge is 0.507 e. The normalized spacial score (nSPS) is 11.1. The first kappa shape index (κ1) is 13.6. The number of aliphatic imine (C=N–C) groups is 1. The molecule has 0 unspecified atom stereocenters. The minimum Gasteiger partial charge on any atom is -0.507 e. The van der Waals surface area contributed by atoms with E-state index in [2.05, 4.69) is 26.0 Å². The van der Waals surface area contributed by atoms with Crippen molar-refractivity contribution >= 4 is 28.0 Å². The first-order valence-electron chi connectivity index (χ1n) is 6.36. The van der Waals surface area contributed by atoms with Gasteiger partial charge < -0.3 is 5.11 Å². The molecule has 0 bridgehead atoms. The van der Waals surface area contributed by atoms with Gasteiger partial charge in [-0.2, -0.15) is 5.10 Å². The van der Waals surface area contributed by atoms with E-state index in [0.29, 0.717) is 11.4 Å². The SMILES string of the molecule is Oc1ccc(Br)cc1C=Nc1ccnn1-c1ccccc1. The van der Waals surface area contributed by atoms with Gasteiger partial charge in [-0.3, -0.25) is 0 Å². The van der Waals surface area contributed by atoms with Crippen molar-refractivity contribution in [2.45, 2.75) is 0 Å². The molecule has 0 aliphatic carbocycles. The molecular weight excluding hydrogens is 330 g/mol. The molecule has 0 saturated carbocycles. The summed E-state index contributed by atoms with van der Waals surface area (Å²) in [4.78, 5) is 4.41. The molecule has 1 N–H and O–H groups in total. The summed E-state index contributed by atoms with van der Waals surface area (Å²) >= 11 is 3.38. The maximum atomic E-state index is 9.82. The van der Waals surface area contributed by atoms with E-state index < -0.39 is 0 Å². The van der Waals surface area contributed by atoms with Crippen LogP contribution in [0.5, 0.6) is 5.75 Å². The Bertz CT molecular complexity index is 781. The van der Waals surface area contributed by atoms with Crippen LogP contribution < -0.4 is 0 Å². The Hall–Kier alpha value is -2.40. The van der Waals surface area contributed by atoms with Gasteiger partial charge in [-0.05, 0) is 30.3 Å². The molecule has 21 heavy (non-hydrogen) atoms. The van der Waals surface area contributed by atoms with Crippen LogP contribution in [0.1, 0.15) is 5.56 Å². The molecule has 3 rings (SSSR count). The van der Waals surface area contributed by atoms with Crippen LogP contribution in [0.2, 0.25) is 0 Å². The van der Waals surface area contributed by atoms with Crippen molar-refractivity contribution in [2.24, 2.45) is 4.99 Å². The van der Waals surface area contributed by atoms with E-state index in [9.17, 15) is 5.11 Å². The number of hydrogen-bond acceptors (Lipinski definition) is 3. The number of nitrogens with zero attached hydrogens (tertiary/aromatic N) is 3. The third-order valence-electron chi connectivity index (χ3n) is 2.95. The first-order valence-corrected chi connectivity index (χ1v) is 7.15. The van der Waals surface area contributed by atoms with E-state index in [1.54, 1.807) is 29.2 Å². The van der Waals surface area contributed by atoms with Gasteiger partial charge in [0.05, 0.1) is 11.9 Å². The number of aromatic hydroxyl groups is 1. The first-order chi connectivity index (χ1) is 10.2. The van der Waals surface area contributed by atoms with E-state index in [-0.39, 0.29) is 5.75 Å². The lowest BCUT2D eigenvalue weighted by molar-refractivity contribution is 0.474. The van der Waals surface area contributed by atoms with Crippen molar-refractivity contribution in [3.05, 3.63) is 70.8 Å². The van der Waals surface area contributed by atoms with Crippen LogP contribution in [0.3, 0.4) is 0 Å². The molecular formula is C16H12BrN3O. The maximum absolute atomic E-state index is 9.82. The Kier molecular flexibility index (Phi) is 3.83. The molecule has 0 atom stereocenters. The molecule has 0 spiro atoms. The minimum atomic E-state index is 0.188. The molecule has 0 fully saturated rings. The highest BCUT2D eigenvalue weighted by Crippen LogP contribution is 2.22. The fourth-order valence-corrected chi connectivity index (χ4v) is 2.31. The number of hydrogen-bond donors (Lipinski definition) is 1. The standard InChI is InChI=1S/C16H12BrN3O/c17-13-6-7-15(21)12(10-13)11-18-16-8-9-19-20(16)14-4-2-1-3-5-14/h1-11,21H. The predicted octanol–water partition coefficient (Wildman–Crippen LogP) is 4.09. The molecule has 2 aromatic carbocycles. The fourth-order valence-electron chi connectivity index (χ4n) is 1.93. The third kappa shape index (κ3) is 3.03. The number of phenols is 1. The van der Waals surface area contributed by atoms with Crippen LogP contribution >= 0.6 is 15.9 Å². The highest BCUT2D eigenvalue weighted by molar-refractivity contribution is 9.10. The second kappa shape index (κ2) is 5.93. The predicted molar refractivity (Wildman–Crippen MR) is 86.6 cm³/mol. The summed E-state index contributed by atoms with van der Waals surface area (Å²) in [6.07, 6.45) is 3.32. The van der Waals surface area contributed by atoms with E-state index in [1.165, 1.54) is 0 Å². The molecule has 104 valence electrons. The topological polar surface area (TPSA) is 50.4 Å². The fraction of sp³-hybridized carbons (Fsp3) is 0. The molecule has 1 aromatic heterocycles. The molecule has 0 aliphatic rings. The van der Waals surface area contributed by atoms with Gasteiger partial charge >= 0.3 is 0 Å². The summed E-state index contributed by atoms with van der Waals surface area (Å²) < 4.78 is 2.63. The quantitative estimate of drug-likeness (QED) is 0.729. The number of para-hydroxylation sites is 1. The lowest BCUT2D eigenvalue weighted by Gasteiger charge is -2.03. The molecule has 1 heterocycles. The van der Waals surface area contributed by atoms with E-state index in [4.69, 9.17) is 0 Å². The number of halogens is 1. The Labute approximate surface area is 130 Å². The zero-order chi connectivity index (χ0) is 14.7. The monoisotopic (exact) mass is 341 g/mol. The van der Waals surface area contributed by atoms with Gasteiger partial charge in [0.25, 0.3) is 0 Å². The molecule has 4 nitrogen and oxygen atoms in total. The van der Waals surface area contributed by atoms with Gasteiger partial charge in [0, 0.05) is 22.3 Å². The number of aromatic nitrogens is 2. The molecule has 0 amide bonds. The van der Waals surface area contributed by atoms with Crippen molar-refractivity contribution in [1.29, 1.82) is 0 Å². The van der Waals surface area contributed by atoms with Crippen molar-refractivity contribution in [2.75, 3.05) is 0 Å². The van der Waals surface area contributed by atoms with Gasteiger partial charge in [-0.15, -0.1) is 0 Å². The van der Waals surface area contributed by atoms with Gasteiger partial charge in [-0.25, -0.2) is 9.67 Å². The van der Waals surface area contributed by atoms with Crippen LogP contribution in [0, 0.1) is 0 Å². The lowest BCUT2D eigenvalue weighted by Crippen LogP contribution is -1.95. The Morgan fingerprint density at radius 2 is 1.90 bits per heavy atom. The Morgan fingerprint density at radius 1 is 1.10 bits per heavy atom. The summed E-state index contributed by atoms with van der Waals surface area (Å²) in [6.45, 7) is 0. The molecule has 0 radical (unpaired) electrons. The molecule has 5 heteroatoms. The number of benzene rings is 2. The Balaban J connectivity index is 1.94. The van der Waals surface area contributed by atoms with Crippen LogP contribution in [-0.2, 0) is 0 Å². The van der Waals surface area contributed by atoms with Crippen molar-refractivity contribution < 1.29 is 5.11 Å². The van der Waals surface area contributed by atoms with Crippen molar-refractivity contribution in [3.63, 3.8) is 0 Å². The second-order valence-corrected chi connectivity index (χ2v) is 5.31. The van der Waals surface area contributed by atoms with Crippen molar-refractivity contribution in [1.82, 2.24) is 9.78 Å². The summed E-state index contributed by atoms with van der Waals surface area (Å²) in [5.41, 5.74) is 1.58. The highest BCUT2D eigenvalue weighted by Gasteiger charge is 2.03. The van der Waals surface area contributed by atoms with Crippen LogP contribution in [0.25, 0.3) is 5.69 Å². The lowest BCUT2D eigenvalue weighted by atomic mass is 10.2. The Morgan fingerprint density at radius 3 is 2.71 bits per heavy atom. The average molecular weight is 342 g/mol. The molecule has 0 saturated heterocycles. The highest BCUT2D eigenvalue weighted by atomic mass is 79.9. The van der Waals surface area contributed by atoms with Gasteiger partial charge in [0.1, 0.15) is 5.75 Å². The average Bonchev–Trinajstić information content (AvgIpc) is 2.97. The number of rotatable bonds is 3. The summed E-state index contributed by atoms with van der Waals surface area (Å²) in [5.74, 6) is 0.883. The van der Waals surface area contributed by atoms with Crippen molar-refractivity contribution in [3.8, 4) is 11.4 Å². The molecule has 0 aliphatic heterocycles. The van der Waals surface area contributed by atoms with Crippen LogP contribution in [-0.4, -0.2) is 21.1 Å². The van der Waals surface area contributed by atoms with Crippen LogP contribution in [0.4, 0.5) is 5.82 Å². The zero-order valence-corrected chi connectivity index (χ0v) is 12.6. The minimum absolute atomic E-state index is 0.188. The van der Waals surface area contributed by atoms with E-state index in [0.717, 1.165) is 10.2 Å². The van der Waals surface area contributed by atoms with Gasteiger partial charge in [0.15, 0.2) is 5.82 Å². The van der Waals surface area contributed by atoms with E-state index in [1.807, 2.05) is 42.5 Å². The van der Waals surface area contributed by atoms with E-state index >= 15 is 0 Å². The zero-order valence-electron chi connectivity index (χ0n) is 11.0.